The molecule has 3 nitrogen and oxygen atoms in total. The van der Waals surface area contributed by atoms with Crippen molar-refractivity contribution in [1.29, 1.82) is 0 Å². The lowest BCUT2D eigenvalue weighted by Gasteiger charge is -2.19. The van der Waals surface area contributed by atoms with Crippen LogP contribution in [0.2, 0.25) is 0 Å². The summed E-state index contributed by atoms with van der Waals surface area (Å²) in [6.45, 7) is 5.93. The van der Waals surface area contributed by atoms with Gasteiger partial charge >= 0.3 is 0 Å². The highest BCUT2D eigenvalue weighted by molar-refractivity contribution is 5.80. The maximum absolute atomic E-state index is 11.2. The third kappa shape index (κ3) is 3.98. The standard InChI is InChI=1S/C8H18N2O/c1-6(2)9-7(3)8(11)10(4)5/h6-7,9H,1-5H3/t7-/m1/s1. The number of carbonyl (C=O) groups excluding carboxylic acids is 1. The lowest BCUT2D eigenvalue weighted by molar-refractivity contribution is -0.130. The molecule has 66 valence electrons. The van der Waals surface area contributed by atoms with Gasteiger partial charge in [-0.1, -0.05) is 13.8 Å². The second kappa shape index (κ2) is 4.34. The highest BCUT2D eigenvalue weighted by atomic mass is 16.2. The van der Waals surface area contributed by atoms with E-state index >= 15 is 0 Å². The zero-order chi connectivity index (χ0) is 9.02. The normalized spacial score (nSPS) is 13.3. The molecule has 0 bridgehead atoms. The number of amides is 1. The van der Waals surface area contributed by atoms with Gasteiger partial charge in [0.15, 0.2) is 0 Å². The SMILES string of the molecule is CC(C)N[C@H](C)C(=O)N(C)C. The average Bonchev–Trinajstić information content (AvgIpc) is 1.84. The maximum Gasteiger partial charge on any atom is 0.238 e. The number of nitrogens with one attached hydrogen (secondary N) is 1. The minimum Gasteiger partial charge on any atom is -0.347 e. The van der Waals surface area contributed by atoms with Gasteiger partial charge in [0.1, 0.15) is 0 Å². The molecule has 0 saturated heterocycles. The summed E-state index contributed by atoms with van der Waals surface area (Å²) in [6, 6.07) is 0.277. The molecule has 11 heavy (non-hydrogen) atoms. The summed E-state index contributed by atoms with van der Waals surface area (Å²) in [5, 5.41) is 3.13. The van der Waals surface area contributed by atoms with Gasteiger partial charge in [-0.3, -0.25) is 4.79 Å². The largest absolute Gasteiger partial charge is 0.347 e. The molecule has 0 aromatic carbocycles. The molecule has 0 aromatic heterocycles. The summed E-state index contributed by atoms with van der Waals surface area (Å²) < 4.78 is 0. The fourth-order valence-corrected chi connectivity index (χ4v) is 0.959. The van der Waals surface area contributed by atoms with Crippen molar-refractivity contribution in [2.24, 2.45) is 0 Å². The average molecular weight is 158 g/mol. The Hall–Kier alpha value is -0.570. The quantitative estimate of drug-likeness (QED) is 0.647. The third-order valence-electron chi connectivity index (χ3n) is 1.39. The van der Waals surface area contributed by atoms with Gasteiger partial charge < -0.3 is 10.2 Å². The van der Waals surface area contributed by atoms with Crippen molar-refractivity contribution in [3.05, 3.63) is 0 Å². The Morgan fingerprint density at radius 3 is 2.00 bits per heavy atom. The molecule has 0 aliphatic heterocycles. The van der Waals surface area contributed by atoms with E-state index in [-0.39, 0.29) is 11.9 Å². The number of rotatable bonds is 3. The molecule has 1 atom stereocenters. The summed E-state index contributed by atoms with van der Waals surface area (Å²) in [5.41, 5.74) is 0. The lowest BCUT2D eigenvalue weighted by Crippen LogP contribution is -2.44. The molecule has 0 heterocycles. The molecule has 0 fully saturated rings. The van der Waals surface area contributed by atoms with Gasteiger partial charge in [-0.2, -0.15) is 0 Å². The predicted molar refractivity (Wildman–Crippen MR) is 46.4 cm³/mol. The summed E-state index contributed by atoms with van der Waals surface area (Å²) >= 11 is 0. The van der Waals surface area contributed by atoms with Crippen LogP contribution in [-0.2, 0) is 4.79 Å². The molecule has 0 unspecified atom stereocenters. The Morgan fingerprint density at radius 2 is 1.73 bits per heavy atom. The molecule has 0 saturated carbocycles. The molecular weight excluding hydrogens is 140 g/mol. The van der Waals surface area contributed by atoms with E-state index in [2.05, 4.69) is 5.32 Å². The van der Waals surface area contributed by atoms with Crippen LogP contribution in [0.4, 0.5) is 0 Å². The maximum atomic E-state index is 11.2. The third-order valence-corrected chi connectivity index (χ3v) is 1.39. The van der Waals surface area contributed by atoms with Crippen LogP contribution in [0, 0.1) is 0 Å². The fraction of sp³-hybridized carbons (Fsp3) is 0.875. The summed E-state index contributed by atoms with van der Waals surface area (Å²) in [6.07, 6.45) is 0. The number of likely N-dealkylation sites (N-methyl/N-ethyl adjacent to an activating group) is 1. The molecule has 0 aliphatic carbocycles. The monoisotopic (exact) mass is 158 g/mol. The van der Waals surface area contributed by atoms with E-state index in [1.807, 2.05) is 20.8 Å². The van der Waals surface area contributed by atoms with Crippen LogP contribution >= 0.6 is 0 Å². The number of nitrogens with zero attached hydrogens (tertiary/aromatic N) is 1. The number of hydrogen-bond donors (Lipinski definition) is 1. The Balaban J connectivity index is 3.83. The first kappa shape index (κ1) is 10.4. The first-order valence-corrected chi connectivity index (χ1v) is 3.92. The van der Waals surface area contributed by atoms with Gasteiger partial charge in [0, 0.05) is 20.1 Å². The topological polar surface area (TPSA) is 32.3 Å². The van der Waals surface area contributed by atoms with Crippen molar-refractivity contribution in [3.63, 3.8) is 0 Å². The van der Waals surface area contributed by atoms with Crippen LogP contribution in [0.15, 0.2) is 0 Å². The van der Waals surface area contributed by atoms with Crippen LogP contribution in [0.3, 0.4) is 0 Å². The number of hydrogen-bond acceptors (Lipinski definition) is 2. The first-order chi connectivity index (χ1) is 4.95. The first-order valence-electron chi connectivity index (χ1n) is 3.92. The van der Waals surface area contributed by atoms with E-state index in [0.29, 0.717) is 6.04 Å². The molecule has 0 aromatic rings. The molecule has 1 N–H and O–H groups in total. The van der Waals surface area contributed by atoms with Gasteiger partial charge in [-0.05, 0) is 6.92 Å². The van der Waals surface area contributed by atoms with Gasteiger partial charge in [-0.25, -0.2) is 0 Å². The highest BCUT2D eigenvalue weighted by Crippen LogP contribution is 1.90. The summed E-state index contributed by atoms with van der Waals surface area (Å²) in [7, 11) is 3.53. The zero-order valence-corrected chi connectivity index (χ0v) is 8.01. The van der Waals surface area contributed by atoms with E-state index in [1.54, 1.807) is 19.0 Å². The van der Waals surface area contributed by atoms with E-state index < -0.39 is 0 Å². The van der Waals surface area contributed by atoms with Crippen LogP contribution in [-0.4, -0.2) is 37.0 Å². The van der Waals surface area contributed by atoms with Gasteiger partial charge in [-0.15, -0.1) is 0 Å². The molecule has 0 rings (SSSR count). The van der Waals surface area contributed by atoms with Crippen molar-refractivity contribution in [2.45, 2.75) is 32.9 Å². The summed E-state index contributed by atoms with van der Waals surface area (Å²) in [5.74, 6) is 0.124. The van der Waals surface area contributed by atoms with Crippen molar-refractivity contribution >= 4 is 5.91 Å². The second-order valence-electron chi connectivity index (χ2n) is 3.28. The van der Waals surface area contributed by atoms with E-state index in [0.717, 1.165) is 0 Å². The molecule has 1 amide bonds. The minimum atomic E-state index is -0.0787. The van der Waals surface area contributed by atoms with Crippen molar-refractivity contribution < 1.29 is 4.79 Å². The second-order valence-corrected chi connectivity index (χ2v) is 3.28. The Kier molecular flexibility index (Phi) is 4.11. The van der Waals surface area contributed by atoms with Crippen molar-refractivity contribution in [1.82, 2.24) is 10.2 Å². The van der Waals surface area contributed by atoms with E-state index in [4.69, 9.17) is 0 Å². The summed E-state index contributed by atoms with van der Waals surface area (Å²) in [4.78, 5) is 12.8. The zero-order valence-electron chi connectivity index (χ0n) is 8.01. The van der Waals surface area contributed by atoms with Gasteiger partial charge in [0.2, 0.25) is 5.91 Å². The highest BCUT2D eigenvalue weighted by Gasteiger charge is 2.14. The van der Waals surface area contributed by atoms with Crippen LogP contribution < -0.4 is 5.32 Å². The van der Waals surface area contributed by atoms with Crippen LogP contribution in [0.1, 0.15) is 20.8 Å². The minimum absolute atomic E-state index is 0.0787. The van der Waals surface area contributed by atoms with Crippen LogP contribution in [0.25, 0.3) is 0 Å². The van der Waals surface area contributed by atoms with Gasteiger partial charge in [0.25, 0.3) is 0 Å². The van der Waals surface area contributed by atoms with Gasteiger partial charge in [0.05, 0.1) is 6.04 Å². The molecule has 0 radical (unpaired) electrons. The number of carbonyl (C=O) groups is 1. The Labute approximate surface area is 68.8 Å². The molecule has 3 heteroatoms. The molecular formula is C8H18N2O. The predicted octanol–water partition coefficient (Wildman–Crippen LogP) is 0.461. The lowest BCUT2D eigenvalue weighted by atomic mass is 10.2. The molecule has 0 aliphatic rings. The smallest absolute Gasteiger partial charge is 0.238 e. The van der Waals surface area contributed by atoms with Crippen LogP contribution in [0.5, 0.6) is 0 Å². The fourth-order valence-electron chi connectivity index (χ4n) is 0.959. The van der Waals surface area contributed by atoms with E-state index in [9.17, 15) is 4.79 Å². The Bertz CT molecular complexity index is 132. The molecule has 0 spiro atoms. The van der Waals surface area contributed by atoms with E-state index in [1.165, 1.54) is 0 Å². The Morgan fingerprint density at radius 1 is 1.27 bits per heavy atom. The van der Waals surface area contributed by atoms with Crippen molar-refractivity contribution in [3.8, 4) is 0 Å². The van der Waals surface area contributed by atoms with Crippen molar-refractivity contribution in [2.75, 3.05) is 14.1 Å².